The predicted octanol–water partition coefficient (Wildman–Crippen LogP) is 2.55. The topological polar surface area (TPSA) is 38.3 Å². The first-order chi connectivity index (χ1) is 7.99. The van der Waals surface area contributed by atoms with Crippen LogP contribution in [0.3, 0.4) is 0 Å². The van der Waals surface area contributed by atoms with Crippen LogP contribution in [0.5, 0.6) is 5.75 Å². The van der Waals surface area contributed by atoms with Crippen LogP contribution in [-0.4, -0.2) is 19.9 Å². The van der Waals surface area contributed by atoms with Gasteiger partial charge in [0, 0.05) is 18.0 Å². The maximum absolute atomic E-state index is 11.3. The fourth-order valence-electron chi connectivity index (χ4n) is 2.18. The Morgan fingerprint density at radius 3 is 2.53 bits per heavy atom. The number of ether oxygens (including phenoxy) is 1. The first kappa shape index (κ1) is 13.7. The van der Waals surface area contributed by atoms with E-state index in [-0.39, 0.29) is 11.8 Å². The van der Waals surface area contributed by atoms with Crippen LogP contribution >= 0.6 is 0 Å². The van der Waals surface area contributed by atoms with E-state index in [1.54, 1.807) is 14.0 Å². The number of rotatable bonds is 5. The van der Waals surface area contributed by atoms with Gasteiger partial charge < -0.3 is 10.1 Å². The number of methoxy groups -OCH3 is 1. The van der Waals surface area contributed by atoms with Gasteiger partial charge in [-0.05, 0) is 33.4 Å². The lowest BCUT2D eigenvalue weighted by molar-refractivity contribution is -0.117. The molecule has 0 aliphatic heterocycles. The Morgan fingerprint density at radius 2 is 2.06 bits per heavy atom. The average Bonchev–Trinajstić information content (AvgIpc) is 2.24. The summed E-state index contributed by atoms with van der Waals surface area (Å²) in [5.74, 6) is 1.04. The smallest absolute Gasteiger partial charge is 0.131 e. The van der Waals surface area contributed by atoms with E-state index in [1.807, 2.05) is 14.0 Å². The molecule has 1 rings (SSSR count). The number of ketones is 1. The Hall–Kier alpha value is -1.35. The maximum atomic E-state index is 11.3. The molecule has 0 saturated carbocycles. The molecule has 0 spiro atoms. The van der Waals surface area contributed by atoms with E-state index < -0.39 is 0 Å². The Kier molecular flexibility index (Phi) is 4.70. The molecule has 0 aliphatic rings. The highest BCUT2D eigenvalue weighted by Gasteiger charge is 2.18. The van der Waals surface area contributed by atoms with Crippen LogP contribution < -0.4 is 10.1 Å². The van der Waals surface area contributed by atoms with E-state index in [0.717, 1.165) is 16.9 Å². The summed E-state index contributed by atoms with van der Waals surface area (Å²) in [4.78, 5) is 11.3. The number of nitrogens with one attached hydrogen (secondary N) is 1. The molecule has 0 radical (unpaired) electrons. The van der Waals surface area contributed by atoms with Crippen LogP contribution in [0.4, 0.5) is 0 Å². The molecule has 0 aliphatic carbocycles. The highest BCUT2D eigenvalue weighted by Crippen LogP contribution is 2.31. The maximum Gasteiger partial charge on any atom is 0.131 e. The monoisotopic (exact) mass is 235 g/mol. The van der Waals surface area contributed by atoms with Gasteiger partial charge >= 0.3 is 0 Å². The molecule has 0 bridgehead atoms. The minimum Gasteiger partial charge on any atom is -0.496 e. The fraction of sp³-hybridized carbons (Fsp3) is 0.500. The lowest BCUT2D eigenvalue weighted by atomic mass is 9.96. The van der Waals surface area contributed by atoms with Crippen LogP contribution in [0.25, 0.3) is 0 Å². The van der Waals surface area contributed by atoms with E-state index in [4.69, 9.17) is 4.74 Å². The zero-order valence-corrected chi connectivity index (χ0v) is 11.3. The highest BCUT2D eigenvalue weighted by molar-refractivity contribution is 5.76. The van der Waals surface area contributed by atoms with Gasteiger partial charge in [-0.3, -0.25) is 4.79 Å². The van der Waals surface area contributed by atoms with Crippen molar-refractivity contribution in [3.05, 3.63) is 28.8 Å². The number of aryl methyl sites for hydroxylation is 2. The largest absolute Gasteiger partial charge is 0.496 e. The minimum absolute atomic E-state index is 0.0149. The van der Waals surface area contributed by atoms with Gasteiger partial charge in [0.15, 0.2) is 0 Å². The van der Waals surface area contributed by atoms with Crippen LogP contribution in [0, 0.1) is 13.8 Å². The van der Waals surface area contributed by atoms with Gasteiger partial charge in [-0.15, -0.1) is 0 Å². The molecule has 0 amide bonds. The quantitative estimate of drug-likeness (QED) is 0.852. The van der Waals surface area contributed by atoms with Crippen molar-refractivity contribution in [3.8, 4) is 5.75 Å². The Bertz CT molecular complexity index is 413. The summed E-state index contributed by atoms with van der Waals surface area (Å²) in [6.45, 7) is 5.69. The molecule has 0 aromatic heterocycles. The summed E-state index contributed by atoms with van der Waals surface area (Å²) >= 11 is 0. The normalized spacial score (nSPS) is 12.3. The minimum atomic E-state index is 0.0149. The van der Waals surface area contributed by atoms with Crippen LogP contribution in [0.1, 0.15) is 36.1 Å². The molecule has 1 unspecified atom stereocenters. The Morgan fingerprint density at radius 1 is 1.41 bits per heavy atom. The first-order valence-corrected chi connectivity index (χ1v) is 5.81. The molecule has 0 heterocycles. The molecule has 1 N–H and O–H groups in total. The Labute approximate surface area is 103 Å². The van der Waals surface area contributed by atoms with Gasteiger partial charge in [-0.1, -0.05) is 17.7 Å². The summed E-state index contributed by atoms with van der Waals surface area (Å²) < 4.78 is 5.44. The van der Waals surface area contributed by atoms with Gasteiger partial charge in [-0.25, -0.2) is 0 Å². The summed E-state index contributed by atoms with van der Waals surface area (Å²) in [6.07, 6.45) is 0.482. The predicted molar refractivity (Wildman–Crippen MR) is 69.6 cm³/mol. The van der Waals surface area contributed by atoms with Crippen molar-refractivity contribution in [3.63, 3.8) is 0 Å². The molecule has 3 heteroatoms. The lowest BCUT2D eigenvalue weighted by Crippen LogP contribution is -2.20. The third-order valence-corrected chi connectivity index (χ3v) is 2.87. The number of benzene rings is 1. The summed E-state index contributed by atoms with van der Waals surface area (Å²) in [6, 6.07) is 4.18. The van der Waals surface area contributed by atoms with Gasteiger partial charge in [0.2, 0.25) is 0 Å². The van der Waals surface area contributed by atoms with E-state index >= 15 is 0 Å². The summed E-state index contributed by atoms with van der Waals surface area (Å²) in [7, 11) is 3.53. The van der Waals surface area contributed by atoms with E-state index in [9.17, 15) is 4.79 Å². The molecular weight excluding hydrogens is 214 g/mol. The van der Waals surface area contributed by atoms with Crippen LogP contribution in [0.15, 0.2) is 12.1 Å². The average molecular weight is 235 g/mol. The zero-order chi connectivity index (χ0) is 13.0. The summed E-state index contributed by atoms with van der Waals surface area (Å²) in [5.41, 5.74) is 3.34. The molecule has 1 aromatic rings. The van der Waals surface area contributed by atoms with Gasteiger partial charge in [-0.2, -0.15) is 0 Å². The first-order valence-electron chi connectivity index (χ1n) is 5.81. The van der Waals surface area contributed by atoms with Crippen molar-refractivity contribution in [1.29, 1.82) is 0 Å². The summed E-state index contributed by atoms with van der Waals surface area (Å²) in [5, 5.41) is 3.18. The molecular formula is C14H21NO2. The molecule has 0 saturated heterocycles. The van der Waals surface area contributed by atoms with Crippen molar-refractivity contribution in [1.82, 2.24) is 5.32 Å². The van der Waals surface area contributed by atoms with Gasteiger partial charge in [0.05, 0.1) is 7.11 Å². The van der Waals surface area contributed by atoms with Crippen molar-refractivity contribution in [2.45, 2.75) is 33.2 Å². The number of Topliss-reactive ketones (excluding diaryl/α,β-unsaturated/α-hetero) is 1. The van der Waals surface area contributed by atoms with E-state index in [0.29, 0.717) is 6.42 Å². The number of carbonyl (C=O) groups is 1. The third-order valence-electron chi connectivity index (χ3n) is 2.87. The van der Waals surface area contributed by atoms with Crippen molar-refractivity contribution >= 4 is 5.78 Å². The number of hydrogen-bond acceptors (Lipinski definition) is 3. The van der Waals surface area contributed by atoms with Crippen LogP contribution in [-0.2, 0) is 4.79 Å². The second kappa shape index (κ2) is 5.82. The molecule has 1 aromatic carbocycles. The van der Waals surface area contributed by atoms with Gasteiger partial charge in [0.25, 0.3) is 0 Å². The van der Waals surface area contributed by atoms with Crippen molar-refractivity contribution < 1.29 is 9.53 Å². The lowest BCUT2D eigenvalue weighted by Gasteiger charge is -2.20. The van der Waals surface area contributed by atoms with E-state index in [1.165, 1.54) is 5.56 Å². The molecule has 0 fully saturated rings. The van der Waals surface area contributed by atoms with Crippen LogP contribution in [0.2, 0.25) is 0 Å². The third kappa shape index (κ3) is 3.30. The zero-order valence-electron chi connectivity index (χ0n) is 11.3. The molecule has 17 heavy (non-hydrogen) atoms. The number of carbonyl (C=O) groups excluding carboxylic acids is 1. The molecule has 94 valence electrons. The second-order valence-electron chi connectivity index (χ2n) is 4.45. The standard InChI is InChI=1S/C14H21NO2/c1-9-6-10(2)14(17-5)12(7-9)13(15-4)8-11(3)16/h6-7,13,15H,8H2,1-5H3. The van der Waals surface area contributed by atoms with Crippen molar-refractivity contribution in [2.24, 2.45) is 0 Å². The highest BCUT2D eigenvalue weighted by atomic mass is 16.5. The SMILES string of the molecule is CNC(CC(C)=O)c1cc(C)cc(C)c1OC. The fourth-order valence-corrected chi connectivity index (χ4v) is 2.18. The molecule has 3 nitrogen and oxygen atoms in total. The van der Waals surface area contributed by atoms with Gasteiger partial charge in [0.1, 0.15) is 11.5 Å². The Balaban J connectivity index is 3.21. The van der Waals surface area contributed by atoms with E-state index in [2.05, 4.69) is 24.4 Å². The molecule has 1 atom stereocenters. The van der Waals surface area contributed by atoms with Crippen molar-refractivity contribution in [2.75, 3.05) is 14.2 Å². The second-order valence-corrected chi connectivity index (χ2v) is 4.45. The number of hydrogen-bond donors (Lipinski definition) is 1.